The number of rotatable bonds is 4. The summed E-state index contributed by atoms with van der Waals surface area (Å²) in [6.07, 6.45) is 0.00366. The summed E-state index contributed by atoms with van der Waals surface area (Å²) in [5, 5.41) is 22.1. The molecular formula is C20H16FN3O4S. The van der Waals surface area contributed by atoms with Gasteiger partial charge in [-0.15, -0.1) is 0 Å². The fraction of sp³-hybridized carbons (Fsp3) is 0.150. The fourth-order valence-corrected chi connectivity index (χ4v) is 4.07. The van der Waals surface area contributed by atoms with Crippen LogP contribution < -0.4 is 10.9 Å². The number of aromatic amines is 1. The molecule has 0 spiro atoms. The second-order valence-electron chi connectivity index (χ2n) is 6.57. The SMILES string of the molecule is O=C1CC(c2ccc(O)c(O)c2)c2c(nc(SCc3ccccc3F)[nH]c2=O)N1. The molecule has 3 aromatic rings. The van der Waals surface area contributed by atoms with Crippen LogP contribution in [0.3, 0.4) is 0 Å². The van der Waals surface area contributed by atoms with Crippen molar-refractivity contribution < 1.29 is 19.4 Å². The minimum Gasteiger partial charge on any atom is -0.504 e. The van der Waals surface area contributed by atoms with Gasteiger partial charge in [-0.2, -0.15) is 0 Å². The first-order valence-corrected chi connectivity index (χ1v) is 9.73. The van der Waals surface area contributed by atoms with E-state index in [1.54, 1.807) is 24.3 Å². The number of aromatic hydroxyl groups is 2. The quantitative estimate of drug-likeness (QED) is 0.297. The van der Waals surface area contributed by atoms with Crippen molar-refractivity contribution >= 4 is 23.5 Å². The number of carbonyl (C=O) groups is 1. The Bertz CT molecular complexity index is 1160. The molecule has 0 fully saturated rings. The van der Waals surface area contributed by atoms with Gasteiger partial charge >= 0.3 is 0 Å². The van der Waals surface area contributed by atoms with Gasteiger partial charge in [0.05, 0.1) is 5.56 Å². The van der Waals surface area contributed by atoms with Crippen molar-refractivity contribution in [3.8, 4) is 11.5 Å². The van der Waals surface area contributed by atoms with Crippen LogP contribution in [-0.2, 0) is 10.5 Å². The average molecular weight is 413 g/mol. The second kappa shape index (κ2) is 7.59. The van der Waals surface area contributed by atoms with E-state index in [9.17, 15) is 24.2 Å². The van der Waals surface area contributed by atoms with Crippen molar-refractivity contribution in [1.82, 2.24) is 9.97 Å². The Morgan fingerprint density at radius 2 is 1.93 bits per heavy atom. The number of phenolic OH excluding ortho intramolecular Hbond substituents is 2. The number of aromatic nitrogens is 2. The molecule has 29 heavy (non-hydrogen) atoms. The van der Waals surface area contributed by atoms with Crippen molar-refractivity contribution in [1.29, 1.82) is 0 Å². The molecule has 9 heteroatoms. The summed E-state index contributed by atoms with van der Waals surface area (Å²) < 4.78 is 13.8. The number of H-pyrrole nitrogens is 1. The number of thioether (sulfide) groups is 1. The first kappa shape index (κ1) is 19.0. The predicted octanol–water partition coefficient (Wildman–Crippen LogP) is 3.09. The highest BCUT2D eigenvalue weighted by atomic mass is 32.2. The summed E-state index contributed by atoms with van der Waals surface area (Å²) in [4.78, 5) is 31.9. The van der Waals surface area contributed by atoms with Crippen molar-refractivity contribution in [3.63, 3.8) is 0 Å². The Hall–Kier alpha value is -3.33. The maximum absolute atomic E-state index is 13.8. The Labute approximate surface area is 168 Å². The van der Waals surface area contributed by atoms with Gasteiger partial charge in [0.15, 0.2) is 16.7 Å². The van der Waals surface area contributed by atoms with Crippen LogP contribution in [0.4, 0.5) is 10.2 Å². The molecule has 1 atom stereocenters. The third kappa shape index (κ3) is 3.81. The summed E-state index contributed by atoms with van der Waals surface area (Å²) in [7, 11) is 0. The number of hydrogen-bond acceptors (Lipinski definition) is 6. The molecule has 0 radical (unpaired) electrons. The number of benzene rings is 2. The number of nitrogens with zero attached hydrogens (tertiary/aromatic N) is 1. The van der Waals surface area contributed by atoms with E-state index >= 15 is 0 Å². The average Bonchev–Trinajstić information content (AvgIpc) is 2.68. The van der Waals surface area contributed by atoms with Gasteiger partial charge in [0.25, 0.3) is 5.56 Å². The minimum absolute atomic E-state index is 0.00366. The molecule has 148 valence electrons. The number of halogens is 1. The standard InChI is InChI=1S/C20H16FN3O4S/c21-13-4-2-1-3-11(13)9-29-20-23-18-17(19(28)24-20)12(8-16(27)22-18)10-5-6-14(25)15(26)7-10/h1-7,12,25-26H,8-9H2,(H2,22,23,24,27,28). The van der Waals surface area contributed by atoms with E-state index in [1.807, 2.05) is 0 Å². The molecule has 0 saturated heterocycles. The molecule has 1 unspecified atom stereocenters. The summed E-state index contributed by atoms with van der Waals surface area (Å²) >= 11 is 1.15. The number of nitrogens with one attached hydrogen (secondary N) is 2. The molecule has 1 aliphatic heterocycles. The van der Waals surface area contributed by atoms with E-state index in [1.165, 1.54) is 18.2 Å². The van der Waals surface area contributed by atoms with Gasteiger partial charge in [-0.05, 0) is 29.3 Å². The van der Waals surface area contributed by atoms with E-state index in [-0.39, 0.29) is 51.9 Å². The Morgan fingerprint density at radius 1 is 1.14 bits per heavy atom. The van der Waals surface area contributed by atoms with Crippen LogP contribution in [0.15, 0.2) is 52.4 Å². The number of phenols is 2. The molecule has 0 saturated carbocycles. The highest BCUT2D eigenvalue weighted by Gasteiger charge is 2.31. The number of amides is 1. The van der Waals surface area contributed by atoms with Crippen molar-refractivity contribution in [2.75, 3.05) is 5.32 Å². The van der Waals surface area contributed by atoms with Crippen LogP contribution in [0.2, 0.25) is 0 Å². The lowest BCUT2D eigenvalue weighted by molar-refractivity contribution is -0.116. The lowest BCUT2D eigenvalue weighted by atomic mass is 9.86. The second-order valence-corrected chi connectivity index (χ2v) is 7.53. The maximum atomic E-state index is 13.8. The predicted molar refractivity (Wildman–Crippen MR) is 106 cm³/mol. The van der Waals surface area contributed by atoms with Gasteiger partial charge < -0.3 is 20.5 Å². The minimum atomic E-state index is -0.618. The zero-order valence-electron chi connectivity index (χ0n) is 15.0. The maximum Gasteiger partial charge on any atom is 0.257 e. The molecule has 4 N–H and O–H groups in total. The molecular weight excluding hydrogens is 397 g/mol. The van der Waals surface area contributed by atoms with E-state index in [0.29, 0.717) is 11.1 Å². The van der Waals surface area contributed by atoms with Gasteiger partial charge in [-0.1, -0.05) is 36.0 Å². The summed E-state index contributed by atoms with van der Waals surface area (Å²) in [5.41, 5.74) is 0.823. The Morgan fingerprint density at radius 3 is 2.69 bits per heavy atom. The van der Waals surface area contributed by atoms with Gasteiger partial charge in [-0.25, -0.2) is 9.37 Å². The van der Waals surface area contributed by atoms with E-state index in [4.69, 9.17) is 0 Å². The van der Waals surface area contributed by atoms with E-state index < -0.39 is 11.5 Å². The highest BCUT2D eigenvalue weighted by Crippen LogP contribution is 2.37. The number of fused-ring (bicyclic) bond motifs is 1. The number of carbonyl (C=O) groups excluding carboxylic acids is 1. The third-order valence-electron chi connectivity index (χ3n) is 4.65. The molecule has 2 heterocycles. The van der Waals surface area contributed by atoms with Crippen LogP contribution in [0.25, 0.3) is 0 Å². The molecule has 4 rings (SSSR count). The normalized spacial score (nSPS) is 15.6. The van der Waals surface area contributed by atoms with Crippen LogP contribution >= 0.6 is 11.8 Å². The number of hydrogen-bond donors (Lipinski definition) is 4. The first-order chi connectivity index (χ1) is 13.9. The van der Waals surface area contributed by atoms with Crippen LogP contribution in [0.5, 0.6) is 11.5 Å². The van der Waals surface area contributed by atoms with Gasteiger partial charge in [-0.3, -0.25) is 9.59 Å². The molecule has 1 aliphatic rings. The largest absolute Gasteiger partial charge is 0.504 e. The smallest absolute Gasteiger partial charge is 0.257 e. The molecule has 0 aliphatic carbocycles. The van der Waals surface area contributed by atoms with Crippen LogP contribution in [0, 0.1) is 5.82 Å². The lowest BCUT2D eigenvalue weighted by Crippen LogP contribution is -2.31. The fourth-order valence-electron chi connectivity index (χ4n) is 3.22. The lowest BCUT2D eigenvalue weighted by Gasteiger charge is -2.24. The summed E-state index contributed by atoms with van der Waals surface area (Å²) in [6, 6.07) is 10.5. The highest BCUT2D eigenvalue weighted by molar-refractivity contribution is 7.98. The Kier molecular flexibility index (Phi) is 4.98. The zero-order valence-corrected chi connectivity index (χ0v) is 15.8. The third-order valence-corrected chi connectivity index (χ3v) is 5.58. The molecule has 2 aromatic carbocycles. The molecule has 1 aromatic heterocycles. The van der Waals surface area contributed by atoms with Gasteiger partial charge in [0, 0.05) is 18.1 Å². The van der Waals surface area contributed by atoms with Gasteiger partial charge in [0.1, 0.15) is 11.6 Å². The topological polar surface area (TPSA) is 115 Å². The van der Waals surface area contributed by atoms with Crippen molar-refractivity contribution in [3.05, 3.63) is 75.3 Å². The zero-order chi connectivity index (χ0) is 20.5. The molecule has 0 bridgehead atoms. The summed E-state index contributed by atoms with van der Waals surface area (Å²) in [6.45, 7) is 0. The Balaban J connectivity index is 1.67. The summed E-state index contributed by atoms with van der Waals surface area (Å²) in [5.74, 6) is -1.51. The number of anilines is 1. The first-order valence-electron chi connectivity index (χ1n) is 8.74. The van der Waals surface area contributed by atoms with Crippen molar-refractivity contribution in [2.24, 2.45) is 0 Å². The monoisotopic (exact) mass is 413 g/mol. The van der Waals surface area contributed by atoms with Crippen LogP contribution in [-0.4, -0.2) is 26.1 Å². The molecule has 7 nitrogen and oxygen atoms in total. The van der Waals surface area contributed by atoms with E-state index in [2.05, 4.69) is 15.3 Å². The van der Waals surface area contributed by atoms with Gasteiger partial charge in [0.2, 0.25) is 5.91 Å². The van der Waals surface area contributed by atoms with E-state index in [0.717, 1.165) is 11.8 Å². The van der Waals surface area contributed by atoms with Crippen LogP contribution in [0.1, 0.15) is 29.0 Å². The van der Waals surface area contributed by atoms with Crippen molar-refractivity contribution in [2.45, 2.75) is 23.2 Å². The molecule has 1 amide bonds.